The van der Waals surface area contributed by atoms with Crippen LogP contribution in [-0.2, 0) is 4.79 Å². The van der Waals surface area contributed by atoms with Gasteiger partial charge in [-0.3, -0.25) is 4.79 Å². The first-order valence-electron chi connectivity index (χ1n) is 6.15. The Bertz CT molecular complexity index is 512. The van der Waals surface area contributed by atoms with E-state index < -0.39 is 0 Å². The molecule has 0 aromatic heterocycles. The Morgan fingerprint density at radius 3 is 2.60 bits per heavy atom. The summed E-state index contributed by atoms with van der Waals surface area (Å²) < 4.78 is 5.19. The average molecular weight is 315 g/mol. The predicted octanol–water partition coefficient (Wildman–Crippen LogP) is 3.60. The van der Waals surface area contributed by atoms with Gasteiger partial charge in [-0.25, -0.2) is 0 Å². The molecule has 1 amide bonds. The minimum atomic E-state index is -0.129. The first-order valence-corrected chi connectivity index (χ1v) is 6.94. The van der Waals surface area contributed by atoms with Gasteiger partial charge in [0.15, 0.2) is 5.11 Å². The Morgan fingerprint density at radius 2 is 2.05 bits per heavy atom. The summed E-state index contributed by atoms with van der Waals surface area (Å²) in [6.07, 6.45) is 0.390. The van der Waals surface area contributed by atoms with Crippen LogP contribution < -0.4 is 15.4 Å². The monoisotopic (exact) mass is 314 g/mol. The van der Waals surface area contributed by atoms with Crippen LogP contribution in [0, 0.1) is 5.41 Å². The number of hydrogen-bond donors (Lipinski definition) is 2. The van der Waals surface area contributed by atoms with E-state index in [2.05, 4.69) is 10.6 Å². The maximum atomic E-state index is 11.8. The summed E-state index contributed by atoms with van der Waals surface area (Å²) >= 11 is 11.0. The van der Waals surface area contributed by atoms with Crippen LogP contribution in [0.15, 0.2) is 18.2 Å². The summed E-state index contributed by atoms with van der Waals surface area (Å²) in [6, 6.07) is 5.12. The molecule has 0 aliphatic heterocycles. The molecule has 0 fully saturated rings. The quantitative estimate of drug-likeness (QED) is 0.837. The Hall–Kier alpha value is -1.33. The van der Waals surface area contributed by atoms with Crippen molar-refractivity contribution in [1.82, 2.24) is 5.32 Å². The Balaban J connectivity index is 2.67. The van der Waals surface area contributed by atoms with Crippen molar-refractivity contribution in [3.05, 3.63) is 23.2 Å². The molecule has 1 rings (SSSR count). The normalized spacial score (nSPS) is 10.8. The number of amides is 1. The number of methoxy groups -OCH3 is 1. The second-order valence-corrected chi connectivity index (χ2v) is 6.43. The summed E-state index contributed by atoms with van der Waals surface area (Å²) in [5, 5.41) is 6.32. The predicted molar refractivity (Wildman–Crippen MR) is 86.4 cm³/mol. The zero-order chi connectivity index (χ0) is 15.3. The fourth-order valence-electron chi connectivity index (χ4n) is 1.58. The molecule has 0 unspecified atom stereocenters. The molecule has 0 spiro atoms. The highest BCUT2D eigenvalue weighted by Crippen LogP contribution is 2.27. The van der Waals surface area contributed by atoms with Crippen molar-refractivity contribution in [2.24, 2.45) is 5.41 Å². The zero-order valence-corrected chi connectivity index (χ0v) is 13.6. The van der Waals surface area contributed by atoms with Crippen molar-refractivity contribution >= 4 is 40.5 Å². The van der Waals surface area contributed by atoms with Gasteiger partial charge < -0.3 is 15.4 Å². The van der Waals surface area contributed by atoms with Gasteiger partial charge in [-0.1, -0.05) is 32.4 Å². The number of anilines is 1. The highest BCUT2D eigenvalue weighted by atomic mass is 35.5. The standard InChI is InChI=1S/C14H19ClN2O2S/c1-14(2,3)8-12(18)17-13(20)16-10-7-9(15)5-6-11(10)19-4/h5-7H,8H2,1-4H3,(H2,16,17,18,20). The lowest BCUT2D eigenvalue weighted by atomic mass is 9.92. The number of carbonyl (C=O) groups is 1. The average Bonchev–Trinajstić information content (AvgIpc) is 2.26. The van der Waals surface area contributed by atoms with E-state index in [9.17, 15) is 4.79 Å². The Morgan fingerprint density at radius 1 is 1.40 bits per heavy atom. The van der Waals surface area contributed by atoms with Crippen molar-refractivity contribution in [3.8, 4) is 5.75 Å². The Kier molecular flexibility index (Phi) is 5.77. The van der Waals surface area contributed by atoms with E-state index >= 15 is 0 Å². The zero-order valence-electron chi connectivity index (χ0n) is 12.0. The molecule has 0 aliphatic rings. The molecule has 2 N–H and O–H groups in total. The van der Waals surface area contributed by atoms with E-state index in [1.165, 1.54) is 0 Å². The van der Waals surface area contributed by atoms with Crippen LogP contribution in [-0.4, -0.2) is 18.1 Å². The van der Waals surface area contributed by atoms with Gasteiger partial charge >= 0.3 is 0 Å². The third kappa shape index (κ3) is 5.75. The smallest absolute Gasteiger partial charge is 0.226 e. The van der Waals surface area contributed by atoms with Crippen molar-refractivity contribution in [1.29, 1.82) is 0 Å². The SMILES string of the molecule is COc1ccc(Cl)cc1NC(=S)NC(=O)CC(C)(C)C. The van der Waals surface area contributed by atoms with E-state index in [1.54, 1.807) is 25.3 Å². The van der Waals surface area contributed by atoms with E-state index in [0.29, 0.717) is 22.9 Å². The summed E-state index contributed by atoms with van der Waals surface area (Å²) in [5.41, 5.74) is 0.522. The maximum absolute atomic E-state index is 11.8. The molecule has 6 heteroatoms. The van der Waals surface area contributed by atoms with Crippen LogP contribution in [0.1, 0.15) is 27.2 Å². The van der Waals surface area contributed by atoms with Gasteiger partial charge in [0.05, 0.1) is 12.8 Å². The largest absolute Gasteiger partial charge is 0.495 e. The summed E-state index contributed by atoms with van der Waals surface area (Å²) in [4.78, 5) is 11.8. The van der Waals surface area contributed by atoms with Gasteiger partial charge in [-0.05, 0) is 35.8 Å². The molecule has 0 saturated carbocycles. The van der Waals surface area contributed by atoms with Crippen LogP contribution in [0.4, 0.5) is 5.69 Å². The molecule has 0 heterocycles. The number of rotatable bonds is 3. The fraction of sp³-hybridized carbons (Fsp3) is 0.429. The molecular weight excluding hydrogens is 296 g/mol. The second kappa shape index (κ2) is 6.90. The topological polar surface area (TPSA) is 50.4 Å². The number of hydrogen-bond acceptors (Lipinski definition) is 3. The van der Waals surface area contributed by atoms with E-state index in [1.807, 2.05) is 20.8 Å². The summed E-state index contributed by atoms with van der Waals surface area (Å²) in [7, 11) is 1.55. The van der Waals surface area contributed by atoms with E-state index in [0.717, 1.165) is 0 Å². The number of carbonyl (C=O) groups excluding carboxylic acids is 1. The second-order valence-electron chi connectivity index (χ2n) is 5.58. The molecule has 0 radical (unpaired) electrons. The lowest BCUT2D eigenvalue weighted by Crippen LogP contribution is -2.36. The van der Waals surface area contributed by atoms with Gasteiger partial charge in [0.1, 0.15) is 5.75 Å². The molecule has 0 atom stereocenters. The number of thiocarbonyl (C=S) groups is 1. The molecule has 110 valence electrons. The highest BCUT2D eigenvalue weighted by molar-refractivity contribution is 7.80. The lowest BCUT2D eigenvalue weighted by Gasteiger charge is -2.18. The number of halogens is 1. The van der Waals surface area contributed by atoms with Gasteiger partial charge in [0, 0.05) is 11.4 Å². The van der Waals surface area contributed by atoms with Crippen LogP contribution in [0.3, 0.4) is 0 Å². The Labute approximate surface area is 129 Å². The van der Waals surface area contributed by atoms with Crippen molar-refractivity contribution in [2.75, 3.05) is 12.4 Å². The van der Waals surface area contributed by atoms with Gasteiger partial charge in [-0.2, -0.15) is 0 Å². The minimum Gasteiger partial charge on any atom is -0.495 e. The van der Waals surface area contributed by atoms with Crippen LogP contribution >= 0.6 is 23.8 Å². The first kappa shape index (κ1) is 16.7. The molecule has 0 aliphatic carbocycles. The number of ether oxygens (including phenoxy) is 1. The molecule has 0 saturated heterocycles. The highest BCUT2D eigenvalue weighted by Gasteiger charge is 2.17. The van der Waals surface area contributed by atoms with Gasteiger partial charge in [0.2, 0.25) is 5.91 Å². The molecule has 1 aromatic carbocycles. The third-order valence-electron chi connectivity index (χ3n) is 2.35. The summed E-state index contributed by atoms with van der Waals surface area (Å²) in [6.45, 7) is 5.97. The molecule has 4 nitrogen and oxygen atoms in total. The molecule has 1 aromatic rings. The van der Waals surface area contributed by atoms with E-state index in [-0.39, 0.29) is 16.4 Å². The van der Waals surface area contributed by atoms with Gasteiger partial charge in [-0.15, -0.1) is 0 Å². The van der Waals surface area contributed by atoms with Crippen LogP contribution in [0.25, 0.3) is 0 Å². The molecule has 0 bridgehead atoms. The number of benzene rings is 1. The molecule has 20 heavy (non-hydrogen) atoms. The maximum Gasteiger partial charge on any atom is 0.226 e. The lowest BCUT2D eigenvalue weighted by molar-refractivity contribution is -0.121. The van der Waals surface area contributed by atoms with Crippen molar-refractivity contribution < 1.29 is 9.53 Å². The van der Waals surface area contributed by atoms with Crippen LogP contribution in [0.5, 0.6) is 5.75 Å². The first-order chi connectivity index (χ1) is 9.21. The van der Waals surface area contributed by atoms with Crippen LogP contribution in [0.2, 0.25) is 5.02 Å². The molecular formula is C14H19ClN2O2S. The van der Waals surface area contributed by atoms with Gasteiger partial charge in [0.25, 0.3) is 0 Å². The van der Waals surface area contributed by atoms with Crippen molar-refractivity contribution in [2.45, 2.75) is 27.2 Å². The van der Waals surface area contributed by atoms with E-state index in [4.69, 9.17) is 28.6 Å². The minimum absolute atomic E-state index is 0.0898. The van der Waals surface area contributed by atoms with Crippen molar-refractivity contribution in [3.63, 3.8) is 0 Å². The fourth-order valence-corrected chi connectivity index (χ4v) is 1.98. The summed E-state index contributed by atoms with van der Waals surface area (Å²) in [5.74, 6) is 0.470. The number of nitrogens with one attached hydrogen (secondary N) is 2. The third-order valence-corrected chi connectivity index (χ3v) is 2.79.